The Kier molecular flexibility index (Phi) is 5.29. The third-order valence-corrected chi connectivity index (χ3v) is 8.65. The zero-order valence-corrected chi connectivity index (χ0v) is 18.4. The van der Waals surface area contributed by atoms with Crippen LogP contribution in [0.4, 0.5) is 5.69 Å². The van der Waals surface area contributed by atoms with Gasteiger partial charge in [-0.2, -0.15) is 4.99 Å². The molecule has 4 rings (SSSR count). The highest BCUT2D eigenvalue weighted by Crippen LogP contribution is 2.43. The molecule has 152 valence electrons. The molecule has 2 aromatic carbocycles. The quantitative estimate of drug-likeness (QED) is 0.749. The number of anilines is 1. The Morgan fingerprint density at radius 2 is 1.72 bits per heavy atom. The van der Waals surface area contributed by atoms with E-state index in [-0.39, 0.29) is 35.1 Å². The minimum absolute atomic E-state index is 0.0927. The zero-order valence-electron chi connectivity index (χ0n) is 16.8. The summed E-state index contributed by atoms with van der Waals surface area (Å²) in [5.41, 5.74) is 5.14. The number of thioether (sulfide) groups is 1. The summed E-state index contributed by atoms with van der Waals surface area (Å²) in [6, 6.07) is 13.7. The number of fused-ring (bicyclic) bond motifs is 1. The van der Waals surface area contributed by atoms with E-state index in [0.717, 1.165) is 27.9 Å². The van der Waals surface area contributed by atoms with E-state index >= 15 is 0 Å². The molecule has 2 aliphatic heterocycles. The van der Waals surface area contributed by atoms with Crippen LogP contribution in [0.2, 0.25) is 0 Å². The molecule has 0 N–H and O–H groups in total. The summed E-state index contributed by atoms with van der Waals surface area (Å²) in [5.74, 6) is 0.0221. The number of aliphatic imine (C=N–C) groups is 1. The van der Waals surface area contributed by atoms with Gasteiger partial charge in [0, 0.05) is 10.9 Å². The Morgan fingerprint density at radius 3 is 2.38 bits per heavy atom. The number of benzene rings is 2. The van der Waals surface area contributed by atoms with Gasteiger partial charge in [0.25, 0.3) is 5.91 Å². The van der Waals surface area contributed by atoms with E-state index in [1.165, 1.54) is 11.8 Å². The number of amidine groups is 1. The molecule has 0 radical (unpaired) electrons. The lowest BCUT2D eigenvalue weighted by Gasteiger charge is -2.28. The lowest BCUT2D eigenvalue weighted by atomic mass is 10.1. The van der Waals surface area contributed by atoms with Gasteiger partial charge in [-0.15, -0.1) is 0 Å². The van der Waals surface area contributed by atoms with Crippen LogP contribution in [0.3, 0.4) is 0 Å². The van der Waals surface area contributed by atoms with Crippen molar-refractivity contribution in [2.75, 3.05) is 16.4 Å². The number of hydrogen-bond acceptors (Lipinski definition) is 4. The Labute approximate surface area is 176 Å². The lowest BCUT2D eigenvalue weighted by Crippen LogP contribution is -2.38. The lowest BCUT2D eigenvalue weighted by molar-refractivity contribution is -0.117. The molecule has 2 aromatic rings. The van der Waals surface area contributed by atoms with Crippen molar-refractivity contribution in [1.82, 2.24) is 0 Å². The van der Waals surface area contributed by atoms with E-state index in [0.29, 0.717) is 5.17 Å². The second kappa shape index (κ2) is 7.61. The predicted molar refractivity (Wildman–Crippen MR) is 120 cm³/mol. The van der Waals surface area contributed by atoms with Crippen molar-refractivity contribution in [2.45, 2.75) is 38.5 Å². The van der Waals surface area contributed by atoms with Crippen molar-refractivity contribution < 1.29 is 13.2 Å². The maximum atomic E-state index is 12.7. The molecular formula is C22H24N2O3S2. The first-order valence-corrected chi connectivity index (χ1v) is 12.3. The van der Waals surface area contributed by atoms with Crippen LogP contribution in [0.5, 0.6) is 0 Å². The average molecular weight is 429 g/mol. The topological polar surface area (TPSA) is 66.8 Å². The fourth-order valence-electron chi connectivity index (χ4n) is 4.04. The summed E-state index contributed by atoms with van der Waals surface area (Å²) in [6.45, 7) is 6.03. The van der Waals surface area contributed by atoms with Gasteiger partial charge in [-0.3, -0.25) is 4.79 Å². The van der Waals surface area contributed by atoms with E-state index in [4.69, 9.17) is 0 Å². The summed E-state index contributed by atoms with van der Waals surface area (Å²) < 4.78 is 24.5. The first kappa shape index (κ1) is 20.2. The summed E-state index contributed by atoms with van der Waals surface area (Å²) in [6.07, 6.45) is 0.235. The van der Waals surface area contributed by atoms with Crippen LogP contribution in [0.1, 0.15) is 22.3 Å². The van der Waals surface area contributed by atoms with Gasteiger partial charge in [-0.25, -0.2) is 8.42 Å². The molecule has 2 unspecified atom stereocenters. The van der Waals surface area contributed by atoms with Gasteiger partial charge in [0.2, 0.25) is 0 Å². The number of nitrogens with zero attached hydrogens (tertiary/aromatic N) is 2. The number of amides is 1. The van der Waals surface area contributed by atoms with Crippen molar-refractivity contribution in [1.29, 1.82) is 0 Å². The summed E-state index contributed by atoms with van der Waals surface area (Å²) in [7, 11) is -3.08. The van der Waals surface area contributed by atoms with Crippen molar-refractivity contribution in [3.8, 4) is 0 Å². The molecule has 0 aliphatic carbocycles. The van der Waals surface area contributed by atoms with Crippen molar-refractivity contribution >= 4 is 38.4 Å². The molecule has 0 bridgehead atoms. The Hall–Kier alpha value is -2.12. The molecule has 0 aromatic heterocycles. The van der Waals surface area contributed by atoms with Crippen LogP contribution < -0.4 is 4.90 Å². The number of aryl methyl sites for hydroxylation is 3. The molecule has 1 amide bonds. The molecule has 0 spiro atoms. The maximum absolute atomic E-state index is 12.7. The first-order valence-electron chi connectivity index (χ1n) is 9.63. The second-order valence-corrected chi connectivity index (χ2v) is 11.2. The largest absolute Gasteiger partial charge is 0.315 e. The fourth-order valence-corrected chi connectivity index (χ4v) is 7.96. The molecule has 2 fully saturated rings. The molecule has 29 heavy (non-hydrogen) atoms. The van der Waals surface area contributed by atoms with E-state index in [1.54, 1.807) is 0 Å². The number of carbonyl (C=O) groups excluding carboxylic acids is 1. The number of sulfone groups is 1. The SMILES string of the molecule is Cc1ccc(CC(=O)N=C2SC3CS(=O)(=O)CC3N2c2c(C)cccc2C)cc1. The van der Waals surface area contributed by atoms with E-state index in [1.807, 2.05) is 68.1 Å². The van der Waals surface area contributed by atoms with Gasteiger partial charge < -0.3 is 4.90 Å². The van der Waals surface area contributed by atoms with Crippen LogP contribution in [-0.2, 0) is 21.1 Å². The molecule has 2 atom stereocenters. The molecule has 7 heteroatoms. The van der Waals surface area contributed by atoms with Crippen LogP contribution in [0, 0.1) is 20.8 Å². The monoisotopic (exact) mass is 428 g/mol. The van der Waals surface area contributed by atoms with Gasteiger partial charge in [0.15, 0.2) is 15.0 Å². The van der Waals surface area contributed by atoms with Gasteiger partial charge in [0.05, 0.1) is 24.0 Å². The van der Waals surface area contributed by atoms with Crippen molar-refractivity contribution in [3.05, 3.63) is 64.7 Å². The summed E-state index contributed by atoms with van der Waals surface area (Å²) in [5, 5.41) is 0.523. The number of carbonyl (C=O) groups is 1. The van der Waals surface area contributed by atoms with Gasteiger partial charge in [-0.1, -0.05) is 59.8 Å². The minimum atomic E-state index is -3.08. The normalized spacial score (nSPS) is 24.1. The minimum Gasteiger partial charge on any atom is -0.315 e. The maximum Gasteiger partial charge on any atom is 0.252 e. The Morgan fingerprint density at radius 1 is 1.07 bits per heavy atom. The number of rotatable bonds is 3. The highest BCUT2D eigenvalue weighted by atomic mass is 32.2. The molecule has 5 nitrogen and oxygen atoms in total. The molecule has 2 heterocycles. The number of hydrogen-bond donors (Lipinski definition) is 0. The van der Waals surface area contributed by atoms with Crippen LogP contribution in [-0.4, -0.2) is 42.3 Å². The third-order valence-electron chi connectivity index (χ3n) is 5.44. The smallest absolute Gasteiger partial charge is 0.252 e. The molecule has 0 saturated carbocycles. The average Bonchev–Trinajstić information content (AvgIpc) is 3.09. The van der Waals surface area contributed by atoms with Crippen LogP contribution in [0.15, 0.2) is 47.5 Å². The van der Waals surface area contributed by atoms with Gasteiger partial charge in [0.1, 0.15) is 0 Å². The van der Waals surface area contributed by atoms with Crippen LogP contribution in [0.25, 0.3) is 0 Å². The zero-order chi connectivity index (χ0) is 20.8. The second-order valence-electron chi connectivity index (χ2n) is 7.86. The first-order chi connectivity index (χ1) is 13.7. The highest BCUT2D eigenvalue weighted by molar-refractivity contribution is 8.16. The summed E-state index contributed by atoms with van der Waals surface area (Å²) >= 11 is 1.42. The van der Waals surface area contributed by atoms with E-state index < -0.39 is 9.84 Å². The Bertz CT molecular complexity index is 1070. The molecule has 2 aliphatic rings. The Balaban J connectivity index is 1.69. The standard InChI is InChI=1S/C22H24N2O3S2/c1-14-7-9-17(10-8-14)11-20(25)23-22-24(21-15(2)5-4-6-16(21)3)18-12-29(26,27)13-19(18)28-22/h4-10,18-19H,11-13H2,1-3H3. The van der Waals surface area contributed by atoms with E-state index in [9.17, 15) is 13.2 Å². The molecule has 2 saturated heterocycles. The van der Waals surface area contributed by atoms with E-state index in [2.05, 4.69) is 4.99 Å². The fraction of sp³-hybridized carbons (Fsp3) is 0.364. The highest BCUT2D eigenvalue weighted by Gasteiger charge is 2.49. The summed E-state index contributed by atoms with van der Waals surface area (Å²) in [4.78, 5) is 19.1. The predicted octanol–water partition coefficient (Wildman–Crippen LogP) is 3.46. The van der Waals surface area contributed by atoms with Crippen molar-refractivity contribution in [3.63, 3.8) is 0 Å². The van der Waals surface area contributed by atoms with Gasteiger partial charge >= 0.3 is 0 Å². The number of para-hydroxylation sites is 1. The van der Waals surface area contributed by atoms with Gasteiger partial charge in [-0.05, 0) is 37.5 Å². The van der Waals surface area contributed by atoms with Crippen molar-refractivity contribution in [2.24, 2.45) is 4.99 Å². The molecular weight excluding hydrogens is 404 g/mol. The third kappa shape index (κ3) is 4.12. The van der Waals surface area contributed by atoms with Crippen LogP contribution >= 0.6 is 11.8 Å².